The predicted molar refractivity (Wildman–Crippen MR) is 155 cm³/mol. The fourth-order valence-electron chi connectivity index (χ4n) is 3.77. The molecule has 1 aromatic rings. The largest absolute Gasteiger partial charge is 0.355 e. The molecular formula is C29H38F2N6O2. The van der Waals surface area contributed by atoms with Crippen molar-refractivity contribution in [3.63, 3.8) is 0 Å². The lowest BCUT2D eigenvalue weighted by atomic mass is 9.96. The number of nitrogens with zero attached hydrogens (tertiary/aromatic N) is 2. The predicted octanol–water partition coefficient (Wildman–Crippen LogP) is 4.54. The molecule has 1 aliphatic rings. The summed E-state index contributed by atoms with van der Waals surface area (Å²) in [6.45, 7) is 9.38. The number of carbonyl (C=O) groups is 2. The maximum atomic E-state index is 14.6. The number of alkyl halides is 1. The number of hydrogen-bond donors (Lipinski definition) is 4. The molecule has 0 radical (unpaired) electrons. The van der Waals surface area contributed by atoms with Crippen LogP contribution < -0.4 is 21.3 Å². The fourth-order valence-corrected chi connectivity index (χ4v) is 3.77. The van der Waals surface area contributed by atoms with Gasteiger partial charge in [0.25, 0.3) is 5.91 Å². The lowest BCUT2D eigenvalue weighted by Crippen LogP contribution is -2.37. The maximum Gasteiger partial charge on any atom is 0.251 e. The number of hydrogen-bond acceptors (Lipinski definition) is 5. The van der Waals surface area contributed by atoms with Crippen LogP contribution >= 0.6 is 0 Å². The summed E-state index contributed by atoms with van der Waals surface area (Å²) in [4.78, 5) is 33.2. The van der Waals surface area contributed by atoms with Crippen molar-refractivity contribution < 1.29 is 18.4 Å². The van der Waals surface area contributed by atoms with E-state index in [1.165, 1.54) is 6.20 Å². The Balaban J connectivity index is 2.26. The molecule has 39 heavy (non-hydrogen) atoms. The smallest absolute Gasteiger partial charge is 0.251 e. The van der Waals surface area contributed by atoms with Crippen molar-refractivity contribution in [2.24, 2.45) is 9.98 Å². The third-order valence-corrected chi connectivity index (χ3v) is 5.97. The molecule has 0 heterocycles. The molecule has 0 saturated heterocycles. The number of rotatable bonds is 11. The number of aliphatic imine (C=N–C) groups is 2. The zero-order valence-corrected chi connectivity index (χ0v) is 23.4. The summed E-state index contributed by atoms with van der Waals surface area (Å²) in [6, 6.07) is 4.56. The quantitative estimate of drug-likeness (QED) is 0.244. The van der Waals surface area contributed by atoms with Crippen LogP contribution in [0.2, 0.25) is 0 Å². The number of halogens is 2. The zero-order chi connectivity index (χ0) is 28.9. The van der Waals surface area contributed by atoms with Crippen LogP contribution in [0.25, 0.3) is 0 Å². The number of likely N-dealkylation sites (N-methyl/N-ethyl adjacent to an activating group) is 2. The standard InChI is InChI=1S/C29H38F2N6O2/c1-7-14-34-28(19(5)35-16-18(4)22-12-13-24(32-6)27(31)26(22)30)37-21-10-11-23(20(8-2)15-21)29(39)36-17-25(38)33-9-3/h7,10-16,24,27,32H,8-9,17H2,1-6H3,(H,33,38)(H,34,37)(H,36,39)/b14-7-,18-16+,35-19?. The highest BCUT2D eigenvalue weighted by Gasteiger charge is 2.28. The van der Waals surface area contributed by atoms with Crippen LogP contribution in [0, 0.1) is 0 Å². The average Bonchev–Trinajstić information content (AvgIpc) is 2.93. The molecule has 0 spiro atoms. The minimum Gasteiger partial charge on any atom is -0.355 e. The second-order valence-electron chi connectivity index (χ2n) is 8.81. The minimum absolute atomic E-state index is 0.1000. The van der Waals surface area contributed by atoms with Crippen LogP contribution in [-0.4, -0.2) is 55.7 Å². The Morgan fingerprint density at radius 2 is 1.87 bits per heavy atom. The van der Waals surface area contributed by atoms with Gasteiger partial charge < -0.3 is 21.3 Å². The molecule has 0 saturated carbocycles. The molecular weight excluding hydrogens is 502 g/mol. The van der Waals surface area contributed by atoms with Crippen molar-refractivity contribution in [1.29, 1.82) is 0 Å². The first-order chi connectivity index (χ1) is 18.7. The van der Waals surface area contributed by atoms with E-state index in [0.29, 0.717) is 41.3 Å². The van der Waals surface area contributed by atoms with Gasteiger partial charge in [0, 0.05) is 35.8 Å². The molecule has 2 unspecified atom stereocenters. The Hall–Kier alpha value is -3.92. The van der Waals surface area contributed by atoms with E-state index in [1.807, 2.05) is 26.8 Å². The Labute approximate surface area is 229 Å². The van der Waals surface area contributed by atoms with E-state index in [4.69, 9.17) is 0 Å². The van der Waals surface area contributed by atoms with Crippen LogP contribution in [0.3, 0.4) is 0 Å². The second kappa shape index (κ2) is 15.5. The van der Waals surface area contributed by atoms with E-state index in [0.717, 1.165) is 5.56 Å². The summed E-state index contributed by atoms with van der Waals surface area (Å²) >= 11 is 0. The SMILES string of the molecule is C/C=C\N=C(Nc1ccc(C(=O)NCC(=O)NCC)c(CC)c1)C(C)=N/C=C(\C)C1=C(F)C(F)C(NC)C=C1. The van der Waals surface area contributed by atoms with Gasteiger partial charge >= 0.3 is 0 Å². The Bertz CT molecular complexity index is 1230. The van der Waals surface area contributed by atoms with Gasteiger partial charge in [0.1, 0.15) is 5.83 Å². The number of amidine groups is 1. The van der Waals surface area contributed by atoms with Gasteiger partial charge in [0.05, 0.1) is 18.3 Å². The van der Waals surface area contributed by atoms with Crippen molar-refractivity contribution in [3.8, 4) is 0 Å². The first-order valence-electron chi connectivity index (χ1n) is 12.9. The molecule has 0 bridgehead atoms. The minimum atomic E-state index is -1.76. The normalized spacial score (nSPS) is 18.5. The lowest BCUT2D eigenvalue weighted by Gasteiger charge is -2.21. The number of carbonyl (C=O) groups excluding carboxylic acids is 2. The average molecular weight is 541 g/mol. The highest BCUT2D eigenvalue weighted by Crippen LogP contribution is 2.28. The molecule has 8 nitrogen and oxygen atoms in total. The van der Waals surface area contributed by atoms with Crippen molar-refractivity contribution in [1.82, 2.24) is 16.0 Å². The third kappa shape index (κ3) is 8.81. The van der Waals surface area contributed by atoms with Crippen molar-refractivity contribution >= 4 is 29.0 Å². The number of allylic oxidation sites excluding steroid dienone is 4. The fraction of sp³-hybridized carbons (Fsp3) is 0.379. The molecule has 0 aliphatic heterocycles. The first-order valence-corrected chi connectivity index (χ1v) is 12.9. The second-order valence-corrected chi connectivity index (χ2v) is 8.81. The third-order valence-electron chi connectivity index (χ3n) is 5.97. The molecule has 2 amide bonds. The van der Waals surface area contributed by atoms with Crippen molar-refractivity contribution in [2.75, 3.05) is 25.5 Å². The monoisotopic (exact) mass is 540 g/mol. The topological polar surface area (TPSA) is 107 Å². The van der Waals surface area contributed by atoms with E-state index in [2.05, 4.69) is 31.3 Å². The van der Waals surface area contributed by atoms with E-state index >= 15 is 0 Å². The molecule has 2 atom stereocenters. The first kappa shape index (κ1) is 31.3. The highest BCUT2D eigenvalue weighted by atomic mass is 19.2. The highest BCUT2D eigenvalue weighted by molar-refractivity contribution is 6.45. The Morgan fingerprint density at radius 3 is 2.51 bits per heavy atom. The van der Waals surface area contributed by atoms with Gasteiger partial charge in [0.15, 0.2) is 12.0 Å². The number of benzene rings is 1. The molecule has 210 valence electrons. The Morgan fingerprint density at radius 1 is 1.13 bits per heavy atom. The molecule has 2 rings (SSSR count). The zero-order valence-electron chi connectivity index (χ0n) is 23.4. The molecule has 10 heteroatoms. The van der Waals surface area contributed by atoms with E-state index in [-0.39, 0.29) is 23.9 Å². The molecule has 1 aliphatic carbocycles. The number of aryl methyl sites for hydroxylation is 1. The van der Waals surface area contributed by atoms with E-state index < -0.39 is 18.0 Å². The summed E-state index contributed by atoms with van der Waals surface area (Å²) in [5.74, 6) is -0.974. The van der Waals surface area contributed by atoms with Crippen molar-refractivity contribution in [3.05, 3.63) is 76.9 Å². The van der Waals surface area contributed by atoms with Gasteiger partial charge in [0.2, 0.25) is 5.91 Å². The van der Waals surface area contributed by atoms with Crippen LogP contribution in [-0.2, 0) is 11.2 Å². The van der Waals surface area contributed by atoms with Crippen LogP contribution in [0.4, 0.5) is 14.5 Å². The lowest BCUT2D eigenvalue weighted by molar-refractivity contribution is -0.120. The van der Waals surface area contributed by atoms with Gasteiger partial charge in [-0.3, -0.25) is 14.6 Å². The Kier molecular flexibility index (Phi) is 12.4. The summed E-state index contributed by atoms with van der Waals surface area (Å²) < 4.78 is 28.9. The summed E-state index contributed by atoms with van der Waals surface area (Å²) in [5, 5.41) is 11.2. The van der Waals surface area contributed by atoms with E-state index in [9.17, 15) is 18.4 Å². The van der Waals surface area contributed by atoms with Gasteiger partial charge in [-0.25, -0.2) is 13.8 Å². The van der Waals surface area contributed by atoms with Crippen LogP contribution in [0.5, 0.6) is 0 Å². The summed E-state index contributed by atoms with van der Waals surface area (Å²) in [7, 11) is 1.58. The van der Waals surface area contributed by atoms with Gasteiger partial charge in [-0.15, -0.1) is 0 Å². The summed E-state index contributed by atoms with van der Waals surface area (Å²) in [5.41, 5.74) is 3.11. The van der Waals surface area contributed by atoms with Crippen LogP contribution in [0.15, 0.2) is 75.8 Å². The number of amides is 2. The maximum absolute atomic E-state index is 14.6. The number of anilines is 1. The van der Waals surface area contributed by atoms with Gasteiger partial charge in [-0.1, -0.05) is 25.2 Å². The molecule has 0 fully saturated rings. The van der Waals surface area contributed by atoms with Gasteiger partial charge in [-0.2, -0.15) is 0 Å². The van der Waals surface area contributed by atoms with E-state index in [1.54, 1.807) is 57.5 Å². The molecule has 0 aromatic heterocycles. The van der Waals surface area contributed by atoms with Crippen molar-refractivity contribution in [2.45, 2.75) is 53.3 Å². The summed E-state index contributed by atoms with van der Waals surface area (Å²) in [6.07, 6.45) is 6.83. The molecule has 4 N–H and O–H groups in total. The number of nitrogens with one attached hydrogen (secondary N) is 4. The molecule has 1 aromatic carbocycles. The van der Waals surface area contributed by atoms with Gasteiger partial charge in [-0.05, 0) is 70.5 Å². The van der Waals surface area contributed by atoms with Crippen LogP contribution in [0.1, 0.15) is 50.5 Å².